The van der Waals surface area contributed by atoms with E-state index in [2.05, 4.69) is 0 Å². The molecule has 2 heterocycles. The second-order valence-electron chi connectivity index (χ2n) is 6.86. The number of likely N-dealkylation sites (tertiary alicyclic amines) is 1. The van der Waals surface area contributed by atoms with Gasteiger partial charge >= 0.3 is 5.76 Å². The fourth-order valence-electron chi connectivity index (χ4n) is 3.65. The van der Waals surface area contributed by atoms with Gasteiger partial charge in [0.1, 0.15) is 11.6 Å². The average molecular weight is 372 g/mol. The van der Waals surface area contributed by atoms with Gasteiger partial charge in [-0.25, -0.2) is 13.6 Å². The normalized spacial score (nSPS) is 15.4. The van der Waals surface area contributed by atoms with Crippen LogP contribution in [0.2, 0.25) is 0 Å². The van der Waals surface area contributed by atoms with Crippen molar-refractivity contribution in [1.82, 2.24) is 9.47 Å². The van der Waals surface area contributed by atoms with E-state index in [0.717, 1.165) is 29.3 Å². The Morgan fingerprint density at radius 2 is 1.85 bits per heavy atom. The number of piperidine rings is 1. The van der Waals surface area contributed by atoms with E-state index in [1.807, 2.05) is 25.1 Å². The van der Waals surface area contributed by atoms with Crippen LogP contribution in [0.15, 0.2) is 45.6 Å². The molecule has 27 heavy (non-hydrogen) atoms. The molecule has 2 aromatic carbocycles. The van der Waals surface area contributed by atoms with Crippen LogP contribution >= 0.6 is 0 Å². The number of oxazole rings is 1. The van der Waals surface area contributed by atoms with Crippen molar-refractivity contribution in [1.29, 1.82) is 0 Å². The lowest BCUT2D eigenvalue weighted by molar-refractivity contribution is 0.0688. The van der Waals surface area contributed by atoms with Crippen LogP contribution in [0.3, 0.4) is 0 Å². The number of rotatable bonds is 2. The molecule has 4 rings (SSSR count). The fourth-order valence-corrected chi connectivity index (χ4v) is 3.65. The molecule has 1 amide bonds. The first-order valence-electron chi connectivity index (χ1n) is 8.80. The molecule has 0 N–H and O–H groups in total. The molecule has 0 saturated carbocycles. The molecule has 1 fully saturated rings. The third-order valence-electron chi connectivity index (χ3n) is 5.04. The van der Waals surface area contributed by atoms with E-state index in [1.54, 1.807) is 4.57 Å². The Kier molecular flexibility index (Phi) is 4.30. The van der Waals surface area contributed by atoms with Crippen molar-refractivity contribution in [2.24, 2.45) is 0 Å². The SMILES string of the molecule is Cc1ccc2c(c1)oc(=O)n2C1CCN(C(=O)c2cc(F)ccc2F)CC1. The van der Waals surface area contributed by atoms with Gasteiger partial charge in [-0.3, -0.25) is 9.36 Å². The highest BCUT2D eigenvalue weighted by molar-refractivity contribution is 5.94. The highest BCUT2D eigenvalue weighted by Gasteiger charge is 2.28. The highest BCUT2D eigenvalue weighted by Crippen LogP contribution is 2.27. The zero-order chi connectivity index (χ0) is 19.1. The summed E-state index contributed by atoms with van der Waals surface area (Å²) < 4.78 is 34.2. The van der Waals surface area contributed by atoms with Gasteiger partial charge in [0, 0.05) is 19.1 Å². The number of carbonyl (C=O) groups excluding carboxylic acids is 1. The zero-order valence-electron chi connectivity index (χ0n) is 14.7. The first-order chi connectivity index (χ1) is 12.9. The largest absolute Gasteiger partial charge is 0.420 e. The molecular formula is C20H18F2N2O3. The molecule has 0 radical (unpaired) electrons. The van der Waals surface area contributed by atoms with Crippen molar-refractivity contribution in [3.8, 4) is 0 Å². The third kappa shape index (κ3) is 3.13. The van der Waals surface area contributed by atoms with Gasteiger partial charge < -0.3 is 9.32 Å². The second kappa shape index (κ2) is 6.64. The summed E-state index contributed by atoms with van der Waals surface area (Å²) in [6.07, 6.45) is 1.07. The number of benzene rings is 2. The first-order valence-corrected chi connectivity index (χ1v) is 8.80. The lowest BCUT2D eigenvalue weighted by Gasteiger charge is -2.32. The van der Waals surface area contributed by atoms with Crippen molar-refractivity contribution in [2.75, 3.05) is 13.1 Å². The predicted molar refractivity (Wildman–Crippen MR) is 95.7 cm³/mol. The summed E-state index contributed by atoms with van der Waals surface area (Å²) in [5.74, 6) is -2.35. The second-order valence-corrected chi connectivity index (χ2v) is 6.86. The minimum atomic E-state index is -0.740. The predicted octanol–water partition coefficient (Wildman–Crippen LogP) is 3.66. The number of halogens is 2. The van der Waals surface area contributed by atoms with Crippen LogP contribution in [0, 0.1) is 18.6 Å². The van der Waals surface area contributed by atoms with Gasteiger partial charge in [-0.1, -0.05) is 6.07 Å². The van der Waals surface area contributed by atoms with Gasteiger partial charge in [0.05, 0.1) is 11.1 Å². The Labute approximate surface area is 153 Å². The molecular weight excluding hydrogens is 354 g/mol. The molecule has 1 aromatic heterocycles. The van der Waals surface area contributed by atoms with E-state index in [9.17, 15) is 18.4 Å². The van der Waals surface area contributed by atoms with Crippen molar-refractivity contribution in [3.63, 3.8) is 0 Å². The Morgan fingerprint density at radius 3 is 2.59 bits per heavy atom. The molecule has 1 aliphatic heterocycles. The van der Waals surface area contributed by atoms with E-state index in [1.165, 1.54) is 4.90 Å². The number of amides is 1. The summed E-state index contributed by atoms with van der Waals surface area (Å²) >= 11 is 0. The van der Waals surface area contributed by atoms with Crippen LogP contribution in [0.1, 0.15) is 34.8 Å². The van der Waals surface area contributed by atoms with Crippen LogP contribution in [-0.4, -0.2) is 28.5 Å². The summed E-state index contributed by atoms with van der Waals surface area (Å²) in [4.78, 5) is 26.3. The number of aromatic nitrogens is 1. The maximum Gasteiger partial charge on any atom is 0.420 e. The molecule has 0 atom stereocenters. The Balaban J connectivity index is 1.54. The maximum absolute atomic E-state index is 13.9. The monoisotopic (exact) mass is 372 g/mol. The summed E-state index contributed by atoms with van der Waals surface area (Å²) in [6, 6.07) is 8.33. The smallest absolute Gasteiger partial charge is 0.408 e. The van der Waals surface area contributed by atoms with Crippen LogP contribution in [-0.2, 0) is 0 Å². The summed E-state index contributed by atoms with van der Waals surface area (Å²) in [5.41, 5.74) is 2.00. The van der Waals surface area contributed by atoms with Crippen molar-refractivity contribution in [3.05, 3.63) is 69.7 Å². The highest BCUT2D eigenvalue weighted by atomic mass is 19.1. The van der Waals surface area contributed by atoms with Crippen LogP contribution in [0.4, 0.5) is 8.78 Å². The average Bonchev–Trinajstić information content (AvgIpc) is 2.98. The van der Waals surface area contributed by atoms with E-state index in [0.29, 0.717) is 31.5 Å². The lowest BCUT2D eigenvalue weighted by atomic mass is 10.0. The van der Waals surface area contributed by atoms with Crippen molar-refractivity contribution in [2.45, 2.75) is 25.8 Å². The molecule has 1 saturated heterocycles. The van der Waals surface area contributed by atoms with E-state index in [4.69, 9.17) is 4.42 Å². The Morgan fingerprint density at radius 1 is 1.11 bits per heavy atom. The molecule has 140 valence electrons. The molecule has 0 unspecified atom stereocenters. The topological polar surface area (TPSA) is 55.5 Å². The minimum Gasteiger partial charge on any atom is -0.408 e. The van der Waals surface area contributed by atoms with E-state index in [-0.39, 0.29) is 11.6 Å². The summed E-state index contributed by atoms with van der Waals surface area (Å²) in [5, 5.41) is 0. The number of hydrogen-bond donors (Lipinski definition) is 0. The Bertz CT molecular complexity index is 1080. The fraction of sp³-hybridized carbons (Fsp3) is 0.300. The van der Waals surface area contributed by atoms with Gasteiger partial charge in [-0.05, 0) is 55.7 Å². The number of aryl methyl sites for hydroxylation is 1. The van der Waals surface area contributed by atoms with E-state index < -0.39 is 23.3 Å². The maximum atomic E-state index is 13.9. The van der Waals surface area contributed by atoms with Gasteiger partial charge in [-0.2, -0.15) is 0 Å². The molecule has 0 bridgehead atoms. The zero-order valence-corrected chi connectivity index (χ0v) is 14.7. The lowest BCUT2D eigenvalue weighted by Crippen LogP contribution is -2.40. The summed E-state index contributed by atoms with van der Waals surface area (Å²) in [6.45, 7) is 2.63. The van der Waals surface area contributed by atoms with Gasteiger partial charge in [0.2, 0.25) is 0 Å². The molecule has 3 aromatic rings. The molecule has 0 spiro atoms. The number of carbonyl (C=O) groups is 1. The van der Waals surface area contributed by atoms with Crippen LogP contribution < -0.4 is 5.76 Å². The van der Waals surface area contributed by atoms with Crippen LogP contribution in [0.5, 0.6) is 0 Å². The van der Waals surface area contributed by atoms with Gasteiger partial charge in [-0.15, -0.1) is 0 Å². The third-order valence-corrected chi connectivity index (χ3v) is 5.04. The standard InChI is InChI=1S/C20H18F2N2O3/c1-12-2-5-17-18(10-12)27-20(26)24(17)14-6-8-23(9-7-14)19(25)15-11-13(21)3-4-16(15)22/h2-5,10-11,14H,6-9H2,1H3. The number of nitrogens with zero attached hydrogens (tertiary/aromatic N) is 2. The number of fused-ring (bicyclic) bond motifs is 1. The molecule has 1 aliphatic rings. The molecule has 5 nitrogen and oxygen atoms in total. The van der Waals surface area contributed by atoms with Crippen LogP contribution in [0.25, 0.3) is 11.1 Å². The van der Waals surface area contributed by atoms with Crippen molar-refractivity contribution < 1.29 is 18.0 Å². The van der Waals surface area contributed by atoms with Crippen molar-refractivity contribution >= 4 is 17.0 Å². The van der Waals surface area contributed by atoms with Gasteiger partial charge in [0.15, 0.2) is 5.58 Å². The van der Waals surface area contributed by atoms with Gasteiger partial charge in [0.25, 0.3) is 5.91 Å². The quantitative estimate of drug-likeness (QED) is 0.690. The molecule has 7 heteroatoms. The number of hydrogen-bond acceptors (Lipinski definition) is 3. The summed E-state index contributed by atoms with van der Waals surface area (Å²) in [7, 11) is 0. The minimum absolute atomic E-state index is 0.108. The first kappa shape index (κ1) is 17.5. The molecule has 0 aliphatic carbocycles. The Hall–Kier alpha value is -2.96. The van der Waals surface area contributed by atoms with E-state index >= 15 is 0 Å².